The fraction of sp³-hybridized carbons (Fsp3) is 0.217. The van der Waals surface area contributed by atoms with Gasteiger partial charge >= 0.3 is 0 Å². The summed E-state index contributed by atoms with van der Waals surface area (Å²) in [5, 5.41) is 9.40. The van der Waals surface area contributed by atoms with E-state index in [0.717, 1.165) is 11.1 Å². The minimum absolute atomic E-state index is 0.146. The van der Waals surface area contributed by atoms with E-state index in [4.69, 9.17) is 14.2 Å². The van der Waals surface area contributed by atoms with Crippen LogP contribution in [0.4, 0.5) is 8.78 Å². The van der Waals surface area contributed by atoms with E-state index in [9.17, 15) is 13.9 Å². The van der Waals surface area contributed by atoms with Crippen LogP contribution in [0.25, 0.3) is 0 Å². The van der Waals surface area contributed by atoms with Gasteiger partial charge in [0.05, 0.1) is 6.10 Å². The molecular weight excluding hydrogens is 378 g/mol. The van der Waals surface area contributed by atoms with Gasteiger partial charge in [0, 0.05) is 6.07 Å². The lowest BCUT2D eigenvalue weighted by atomic mass is 10.2. The fourth-order valence-electron chi connectivity index (χ4n) is 2.51. The first kappa shape index (κ1) is 20.6. The minimum Gasteiger partial charge on any atom is -0.491 e. The van der Waals surface area contributed by atoms with Crippen LogP contribution in [0.3, 0.4) is 0 Å². The van der Waals surface area contributed by atoms with Crippen LogP contribution in [-0.2, 0) is 13.2 Å². The molecule has 0 unspecified atom stereocenters. The van der Waals surface area contributed by atoms with Gasteiger partial charge in [-0.3, -0.25) is 0 Å². The molecule has 0 radical (unpaired) electrons. The van der Waals surface area contributed by atoms with E-state index in [1.807, 2.05) is 0 Å². The smallest absolute Gasteiger partial charge is 0.165 e. The van der Waals surface area contributed by atoms with Crippen LogP contribution in [0.2, 0.25) is 0 Å². The van der Waals surface area contributed by atoms with Crippen molar-refractivity contribution in [2.45, 2.75) is 26.2 Å². The summed E-state index contributed by atoms with van der Waals surface area (Å²) >= 11 is 0. The van der Waals surface area contributed by atoms with E-state index in [0.29, 0.717) is 17.2 Å². The van der Waals surface area contributed by atoms with Crippen molar-refractivity contribution in [2.75, 3.05) is 6.61 Å². The van der Waals surface area contributed by atoms with Gasteiger partial charge in [-0.2, -0.15) is 0 Å². The van der Waals surface area contributed by atoms with Gasteiger partial charge < -0.3 is 19.3 Å². The number of aliphatic hydroxyl groups excluding tert-OH is 1. The van der Waals surface area contributed by atoms with Crippen molar-refractivity contribution < 1.29 is 28.1 Å². The SMILES string of the molecule is C[C@@H](O)COc1ccc(OCc2ccc(F)cc2)c(OCc2ccc(F)cc2)c1. The number of ether oxygens (including phenoxy) is 3. The molecular formula is C23H22F2O4. The number of aliphatic hydroxyl groups is 1. The van der Waals surface area contributed by atoms with E-state index in [1.54, 1.807) is 49.4 Å². The molecule has 3 rings (SSSR count). The van der Waals surface area contributed by atoms with Crippen molar-refractivity contribution in [3.8, 4) is 17.2 Å². The average Bonchev–Trinajstić information content (AvgIpc) is 2.72. The third-order valence-corrected chi connectivity index (χ3v) is 4.02. The molecule has 3 aromatic carbocycles. The molecule has 4 nitrogen and oxygen atoms in total. The highest BCUT2D eigenvalue weighted by Crippen LogP contribution is 2.33. The van der Waals surface area contributed by atoms with Gasteiger partial charge in [0.1, 0.15) is 37.2 Å². The molecule has 0 heterocycles. The third kappa shape index (κ3) is 6.47. The largest absolute Gasteiger partial charge is 0.491 e. The average molecular weight is 400 g/mol. The molecule has 6 heteroatoms. The Morgan fingerprint density at radius 2 is 1.24 bits per heavy atom. The lowest BCUT2D eigenvalue weighted by Gasteiger charge is -2.15. The number of hydrogen-bond donors (Lipinski definition) is 1. The van der Waals surface area contributed by atoms with Crippen LogP contribution in [0.1, 0.15) is 18.1 Å². The third-order valence-electron chi connectivity index (χ3n) is 4.02. The predicted octanol–water partition coefficient (Wildman–Crippen LogP) is 4.88. The van der Waals surface area contributed by atoms with Crippen molar-refractivity contribution in [3.05, 3.63) is 89.5 Å². The van der Waals surface area contributed by atoms with E-state index >= 15 is 0 Å². The molecule has 0 saturated carbocycles. The molecule has 0 fully saturated rings. The first-order valence-electron chi connectivity index (χ1n) is 9.19. The van der Waals surface area contributed by atoms with Gasteiger partial charge in [0.15, 0.2) is 11.5 Å². The van der Waals surface area contributed by atoms with Crippen LogP contribution in [0.15, 0.2) is 66.7 Å². The first-order chi connectivity index (χ1) is 14.0. The normalized spacial score (nSPS) is 11.7. The lowest BCUT2D eigenvalue weighted by molar-refractivity contribution is 0.122. The monoisotopic (exact) mass is 400 g/mol. The number of rotatable bonds is 9. The second-order valence-electron chi connectivity index (χ2n) is 6.60. The highest BCUT2D eigenvalue weighted by Gasteiger charge is 2.10. The van der Waals surface area contributed by atoms with Crippen LogP contribution < -0.4 is 14.2 Å². The molecule has 0 bridgehead atoms. The van der Waals surface area contributed by atoms with E-state index in [1.165, 1.54) is 24.3 Å². The maximum Gasteiger partial charge on any atom is 0.165 e. The van der Waals surface area contributed by atoms with Crippen molar-refractivity contribution >= 4 is 0 Å². The predicted molar refractivity (Wildman–Crippen MR) is 105 cm³/mol. The first-order valence-corrected chi connectivity index (χ1v) is 9.19. The Balaban J connectivity index is 1.73. The number of halogens is 2. The molecule has 0 aliphatic heterocycles. The Morgan fingerprint density at radius 3 is 1.76 bits per heavy atom. The number of benzene rings is 3. The van der Waals surface area contributed by atoms with Crippen molar-refractivity contribution in [1.82, 2.24) is 0 Å². The standard InChI is InChI=1S/C23H22F2O4/c1-16(26)13-27-21-10-11-22(28-14-17-2-6-19(24)7-3-17)23(12-21)29-15-18-4-8-20(25)9-5-18/h2-12,16,26H,13-15H2,1H3/t16-/m1/s1. The molecule has 29 heavy (non-hydrogen) atoms. The fourth-order valence-corrected chi connectivity index (χ4v) is 2.51. The zero-order valence-corrected chi connectivity index (χ0v) is 16.0. The van der Waals surface area contributed by atoms with E-state index in [2.05, 4.69) is 0 Å². The molecule has 1 atom stereocenters. The molecule has 152 valence electrons. The van der Waals surface area contributed by atoms with Crippen LogP contribution in [0.5, 0.6) is 17.2 Å². The summed E-state index contributed by atoms with van der Waals surface area (Å²) < 4.78 is 43.4. The van der Waals surface area contributed by atoms with Gasteiger partial charge in [0.2, 0.25) is 0 Å². The Morgan fingerprint density at radius 1 is 0.724 bits per heavy atom. The summed E-state index contributed by atoms with van der Waals surface area (Å²) in [5.74, 6) is 0.830. The summed E-state index contributed by atoms with van der Waals surface area (Å²) in [7, 11) is 0. The van der Waals surface area contributed by atoms with Gasteiger partial charge in [0.25, 0.3) is 0 Å². The zero-order valence-electron chi connectivity index (χ0n) is 16.0. The molecule has 0 aromatic heterocycles. The van der Waals surface area contributed by atoms with Crippen LogP contribution in [0, 0.1) is 11.6 Å². The molecule has 0 saturated heterocycles. The van der Waals surface area contributed by atoms with Crippen molar-refractivity contribution in [3.63, 3.8) is 0 Å². The second-order valence-corrected chi connectivity index (χ2v) is 6.60. The maximum absolute atomic E-state index is 13.1. The van der Waals surface area contributed by atoms with Gasteiger partial charge in [-0.15, -0.1) is 0 Å². The number of hydrogen-bond acceptors (Lipinski definition) is 4. The Bertz CT molecular complexity index is 909. The Labute approximate surface area is 168 Å². The van der Waals surface area contributed by atoms with Gasteiger partial charge in [-0.05, 0) is 54.4 Å². The summed E-state index contributed by atoms with van der Waals surface area (Å²) in [6, 6.07) is 17.2. The summed E-state index contributed by atoms with van der Waals surface area (Å²) in [4.78, 5) is 0. The lowest BCUT2D eigenvalue weighted by Crippen LogP contribution is -2.12. The molecule has 0 amide bonds. The quantitative estimate of drug-likeness (QED) is 0.556. The van der Waals surface area contributed by atoms with Crippen molar-refractivity contribution in [1.29, 1.82) is 0 Å². The highest BCUT2D eigenvalue weighted by atomic mass is 19.1. The molecule has 1 N–H and O–H groups in total. The maximum atomic E-state index is 13.1. The minimum atomic E-state index is -0.604. The Hall–Kier alpha value is -3.12. The molecule has 3 aromatic rings. The molecule has 0 spiro atoms. The van der Waals surface area contributed by atoms with Crippen LogP contribution in [-0.4, -0.2) is 17.8 Å². The molecule has 0 aliphatic rings. The van der Waals surface area contributed by atoms with Gasteiger partial charge in [-0.1, -0.05) is 24.3 Å². The zero-order chi connectivity index (χ0) is 20.6. The van der Waals surface area contributed by atoms with Crippen molar-refractivity contribution in [2.24, 2.45) is 0 Å². The summed E-state index contributed by atoms with van der Waals surface area (Å²) in [5.41, 5.74) is 1.61. The van der Waals surface area contributed by atoms with E-state index in [-0.39, 0.29) is 31.5 Å². The Kier molecular flexibility index (Phi) is 7.03. The van der Waals surface area contributed by atoms with Gasteiger partial charge in [-0.25, -0.2) is 8.78 Å². The van der Waals surface area contributed by atoms with Crippen LogP contribution >= 0.6 is 0 Å². The molecule has 0 aliphatic carbocycles. The summed E-state index contributed by atoms with van der Waals surface area (Å²) in [6.07, 6.45) is -0.604. The topological polar surface area (TPSA) is 47.9 Å². The second kappa shape index (κ2) is 9.89. The van der Waals surface area contributed by atoms with E-state index < -0.39 is 6.10 Å². The summed E-state index contributed by atoms with van der Waals surface area (Å²) in [6.45, 7) is 2.23. The highest BCUT2D eigenvalue weighted by molar-refractivity contribution is 5.46.